The van der Waals surface area contributed by atoms with Crippen LogP contribution in [0.1, 0.15) is 25.7 Å². The molecule has 0 atom stereocenters. The summed E-state index contributed by atoms with van der Waals surface area (Å²) in [5.41, 5.74) is 5.60. The lowest BCUT2D eigenvalue weighted by atomic mass is 10.3. The van der Waals surface area contributed by atoms with Gasteiger partial charge < -0.3 is 5.73 Å². The highest BCUT2D eigenvalue weighted by Crippen LogP contribution is 2.30. The lowest BCUT2D eigenvalue weighted by Crippen LogP contribution is -2.18. The zero-order chi connectivity index (χ0) is 11.8. The SMILES string of the molecule is Nc1cc(F)cc(S(=O)(=O)C2CCCC2)c1. The first-order chi connectivity index (χ1) is 7.50. The second-order valence-corrected chi connectivity index (χ2v) is 6.40. The number of hydrogen-bond donors (Lipinski definition) is 1. The van der Waals surface area contributed by atoms with E-state index in [1.54, 1.807) is 0 Å². The van der Waals surface area contributed by atoms with Crippen LogP contribution in [0.2, 0.25) is 0 Å². The van der Waals surface area contributed by atoms with Crippen LogP contribution in [0.3, 0.4) is 0 Å². The number of hydrogen-bond acceptors (Lipinski definition) is 3. The van der Waals surface area contributed by atoms with Gasteiger partial charge in [0.1, 0.15) is 5.82 Å². The van der Waals surface area contributed by atoms with Crippen molar-refractivity contribution in [3.05, 3.63) is 24.0 Å². The molecule has 1 aromatic carbocycles. The molecule has 1 aliphatic carbocycles. The van der Waals surface area contributed by atoms with E-state index in [2.05, 4.69) is 0 Å². The van der Waals surface area contributed by atoms with Gasteiger partial charge in [-0.3, -0.25) is 0 Å². The van der Waals surface area contributed by atoms with Crippen molar-refractivity contribution in [2.75, 3.05) is 5.73 Å². The number of sulfone groups is 1. The van der Waals surface area contributed by atoms with Crippen LogP contribution in [0.15, 0.2) is 23.1 Å². The third-order valence-electron chi connectivity index (χ3n) is 2.96. The van der Waals surface area contributed by atoms with E-state index in [0.717, 1.165) is 25.0 Å². The fourth-order valence-electron chi connectivity index (χ4n) is 2.14. The van der Waals surface area contributed by atoms with E-state index in [-0.39, 0.29) is 15.8 Å². The minimum atomic E-state index is -3.40. The molecule has 0 amide bonds. The summed E-state index contributed by atoms with van der Waals surface area (Å²) >= 11 is 0. The van der Waals surface area contributed by atoms with Gasteiger partial charge in [-0.05, 0) is 31.0 Å². The van der Waals surface area contributed by atoms with Gasteiger partial charge in [0.2, 0.25) is 0 Å². The topological polar surface area (TPSA) is 60.2 Å². The number of rotatable bonds is 2. The molecule has 1 saturated carbocycles. The predicted octanol–water partition coefficient (Wildman–Crippen LogP) is 2.12. The zero-order valence-corrected chi connectivity index (χ0v) is 9.63. The molecule has 0 heterocycles. The lowest BCUT2D eigenvalue weighted by Gasteiger charge is -2.11. The molecule has 1 aliphatic rings. The van der Waals surface area contributed by atoms with E-state index < -0.39 is 15.7 Å². The van der Waals surface area contributed by atoms with Crippen molar-refractivity contribution in [1.29, 1.82) is 0 Å². The Bertz CT molecular complexity index is 472. The number of benzene rings is 1. The van der Waals surface area contributed by atoms with E-state index in [1.165, 1.54) is 6.07 Å². The van der Waals surface area contributed by atoms with Crippen molar-refractivity contribution in [2.45, 2.75) is 35.8 Å². The maximum atomic E-state index is 13.1. The Balaban J connectivity index is 2.42. The van der Waals surface area contributed by atoms with Gasteiger partial charge in [0.15, 0.2) is 9.84 Å². The van der Waals surface area contributed by atoms with Crippen LogP contribution in [-0.2, 0) is 9.84 Å². The van der Waals surface area contributed by atoms with Crippen LogP contribution < -0.4 is 5.73 Å². The standard InChI is InChI=1S/C11H14FNO2S/c12-8-5-9(13)7-11(6-8)16(14,15)10-3-1-2-4-10/h5-7,10H,1-4,13H2. The Hall–Kier alpha value is -1.10. The molecule has 16 heavy (non-hydrogen) atoms. The van der Waals surface area contributed by atoms with E-state index in [9.17, 15) is 12.8 Å². The molecule has 88 valence electrons. The molecule has 1 fully saturated rings. The Morgan fingerprint density at radius 3 is 2.38 bits per heavy atom. The minimum Gasteiger partial charge on any atom is -0.399 e. The highest BCUT2D eigenvalue weighted by Gasteiger charge is 2.30. The number of anilines is 1. The van der Waals surface area contributed by atoms with Crippen LogP contribution in [-0.4, -0.2) is 13.7 Å². The molecular formula is C11H14FNO2S. The molecule has 1 aromatic rings. The van der Waals surface area contributed by atoms with Crippen LogP contribution in [0.25, 0.3) is 0 Å². The highest BCUT2D eigenvalue weighted by atomic mass is 32.2. The fourth-order valence-corrected chi connectivity index (χ4v) is 4.06. The van der Waals surface area contributed by atoms with Gasteiger partial charge in [0, 0.05) is 5.69 Å². The summed E-state index contributed by atoms with van der Waals surface area (Å²) in [7, 11) is -3.40. The Morgan fingerprint density at radius 1 is 1.19 bits per heavy atom. The van der Waals surface area contributed by atoms with Gasteiger partial charge in [-0.15, -0.1) is 0 Å². The average Bonchev–Trinajstić information content (AvgIpc) is 2.69. The third kappa shape index (κ3) is 2.04. The second-order valence-electron chi connectivity index (χ2n) is 4.17. The molecule has 2 rings (SSSR count). The Kier molecular flexibility index (Phi) is 2.88. The first-order valence-electron chi connectivity index (χ1n) is 5.30. The smallest absolute Gasteiger partial charge is 0.181 e. The minimum absolute atomic E-state index is 0.0110. The molecule has 3 nitrogen and oxygen atoms in total. The normalized spacial score (nSPS) is 17.8. The molecule has 0 saturated heterocycles. The molecular weight excluding hydrogens is 229 g/mol. The first-order valence-corrected chi connectivity index (χ1v) is 6.85. The van der Waals surface area contributed by atoms with E-state index in [4.69, 9.17) is 5.73 Å². The van der Waals surface area contributed by atoms with Crippen LogP contribution in [0, 0.1) is 5.82 Å². The van der Waals surface area contributed by atoms with Gasteiger partial charge in [-0.2, -0.15) is 0 Å². The number of nitrogen functional groups attached to an aromatic ring is 1. The van der Waals surface area contributed by atoms with Crippen molar-refractivity contribution in [1.82, 2.24) is 0 Å². The maximum absolute atomic E-state index is 13.1. The Labute approximate surface area is 94.4 Å². The van der Waals surface area contributed by atoms with Crippen molar-refractivity contribution >= 4 is 15.5 Å². The monoisotopic (exact) mass is 243 g/mol. The number of halogens is 1. The summed E-state index contributed by atoms with van der Waals surface area (Å²) < 4.78 is 37.3. The molecule has 2 N–H and O–H groups in total. The zero-order valence-electron chi connectivity index (χ0n) is 8.82. The summed E-state index contributed by atoms with van der Waals surface area (Å²) in [5, 5.41) is -0.367. The molecule has 0 aliphatic heterocycles. The molecule has 0 spiro atoms. The van der Waals surface area contributed by atoms with Crippen molar-refractivity contribution in [2.24, 2.45) is 0 Å². The fraction of sp³-hybridized carbons (Fsp3) is 0.455. The summed E-state index contributed by atoms with van der Waals surface area (Å²) in [6.07, 6.45) is 3.18. The van der Waals surface area contributed by atoms with Gasteiger partial charge in [0.25, 0.3) is 0 Å². The van der Waals surface area contributed by atoms with Crippen LogP contribution >= 0.6 is 0 Å². The van der Waals surface area contributed by atoms with Crippen molar-refractivity contribution in [3.8, 4) is 0 Å². The van der Waals surface area contributed by atoms with E-state index in [1.807, 2.05) is 0 Å². The molecule has 0 aromatic heterocycles. The van der Waals surface area contributed by atoms with Gasteiger partial charge in [-0.25, -0.2) is 12.8 Å². The third-order valence-corrected chi connectivity index (χ3v) is 5.21. The maximum Gasteiger partial charge on any atom is 0.181 e. The molecule has 5 heteroatoms. The molecule has 0 radical (unpaired) electrons. The first kappa shape index (κ1) is 11.4. The van der Waals surface area contributed by atoms with Gasteiger partial charge in [0.05, 0.1) is 10.1 Å². The summed E-state index contributed by atoms with van der Waals surface area (Å²) in [5.74, 6) is -0.600. The Morgan fingerprint density at radius 2 is 1.81 bits per heavy atom. The average molecular weight is 243 g/mol. The van der Waals surface area contributed by atoms with Crippen LogP contribution in [0.4, 0.5) is 10.1 Å². The van der Waals surface area contributed by atoms with Crippen molar-refractivity contribution < 1.29 is 12.8 Å². The molecule has 0 bridgehead atoms. The number of nitrogens with two attached hydrogens (primary N) is 1. The largest absolute Gasteiger partial charge is 0.399 e. The summed E-state index contributed by atoms with van der Waals surface area (Å²) in [6.45, 7) is 0. The highest BCUT2D eigenvalue weighted by molar-refractivity contribution is 7.92. The van der Waals surface area contributed by atoms with Crippen LogP contribution in [0.5, 0.6) is 0 Å². The second kappa shape index (κ2) is 4.05. The van der Waals surface area contributed by atoms with E-state index >= 15 is 0 Å². The summed E-state index contributed by atoms with van der Waals surface area (Å²) in [4.78, 5) is 0.0110. The van der Waals surface area contributed by atoms with Crippen molar-refractivity contribution in [3.63, 3.8) is 0 Å². The van der Waals surface area contributed by atoms with E-state index in [0.29, 0.717) is 12.8 Å². The van der Waals surface area contributed by atoms with Gasteiger partial charge >= 0.3 is 0 Å². The lowest BCUT2D eigenvalue weighted by molar-refractivity contribution is 0.576. The predicted molar refractivity (Wildman–Crippen MR) is 60.3 cm³/mol. The summed E-state index contributed by atoms with van der Waals surface area (Å²) in [6, 6.07) is 3.49. The van der Waals surface area contributed by atoms with Gasteiger partial charge in [-0.1, -0.05) is 12.8 Å². The quantitative estimate of drug-likeness (QED) is 0.809. The molecule has 0 unspecified atom stereocenters.